The molecule has 10 heteroatoms. The van der Waals surface area contributed by atoms with E-state index in [-0.39, 0.29) is 30.3 Å². The molecule has 3 N–H and O–H groups in total. The van der Waals surface area contributed by atoms with Gasteiger partial charge in [-0.25, -0.2) is 9.59 Å². The Morgan fingerprint density at radius 3 is 2.71 bits per heavy atom. The number of ether oxygens (including phenoxy) is 1. The Bertz CT molecular complexity index is 1250. The van der Waals surface area contributed by atoms with Gasteiger partial charge in [-0.15, -0.1) is 0 Å². The first-order valence-corrected chi connectivity index (χ1v) is 9.25. The predicted octanol–water partition coefficient (Wildman–Crippen LogP) is 1.60. The maximum Gasteiger partial charge on any atom is 0.373 e. The number of para-hydroxylation sites is 1. The van der Waals surface area contributed by atoms with Crippen LogP contribution < -0.4 is 11.1 Å². The fourth-order valence-corrected chi connectivity index (χ4v) is 3.39. The Morgan fingerprint density at radius 2 is 1.97 bits per heavy atom. The molecule has 0 radical (unpaired) electrons. The van der Waals surface area contributed by atoms with Crippen molar-refractivity contribution in [3.05, 3.63) is 65.4 Å². The molecular weight excluding hydrogens is 404 g/mol. The fourth-order valence-electron chi connectivity index (χ4n) is 3.39. The minimum absolute atomic E-state index is 0.0167. The second kappa shape index (κ2) is 7.82. The van der Waals surface area contributed by atoms with Gasteiger partial charge in [0.05, 0.1) is 13.7 Å². The summed E-state index contributed by atoms with van der Waals surface area (Å²) in [5.41, 5.74) is 6.81. The van der Waals surface area contributed by atoms with Crippen LogP contribution in [0.4, 0.5) is 4.79 Å². The first-order chi connectivity index (χ1) is 14.9. The molecule has 0 unspecified atom stereocenters. The van der Waals surface area contributed by atoms with E-state index in [1.54, 1.807) is 16.8 Å². The minimum Gasteiger partial charge on any atom is -0.463 e. The molecule has 0 saturated carbocycles. The Balaban J connectivity index is 1.61. The molecule has 0 atom stereocenters. The summed E-state index contributed by atoms with van der Waals surface area (Å²) in [5.74, 6) is -1.48. The van der Waals surface area contributed by atoms with Crippen molar-refractivity contribution >= 4 is 40.8 Å². The highest BCUT2D eigenvalue weighted by Crippen LogP contribution is 2.25. The third-order valence-corrected chi connectivity index (χ3v) is 4.77. The summed E-state index contributed by atoms with van der Waals surface area (Å²) in [6.45, 7) is -0.167. The summed E-state index contributed by atoms with van der Waals surface area (Å²) in [4.78, 5) is 49.0. The van der Waals surface area contributed by atoms with Crippen LogP contribution in [-0.4, -0.2) is 40.4 Å². The van der Waals surface area contributed by atoms with Gasteiger partial charge in [0.15, 0.2) is 0 Å². The van der Waals surface area contributed by atoms with E-state index in [0.29, 0.717) is 5.56 Å². The van der Waals surface area contributed by atoms with Gasteiger partial charge in [-0.1, -0.05) is 18.2 Å². The van der Waals surface area contributed by atoms with Crippen LogP contribution >= 0.6 is 0 Å². The van der Waals surface area contributed by atoms with Crippen molar-refractivity contribution in [1.82, 2.24) is 14.8 Å². The summed E-state index contributed by atoms with van der Waals surface area (Å²) in [6, 6.07) is 9.61. The zero-order chi connectivity index (χ0) is 22.1. The number of imide groups is 1. The van der Waals surface area contributed by atoms with Crippen LogP contribution in [0.1, 0.15) is 21.9 Å². The van der Waals surface area contributed by atoms with E-state index in [4.69, 9.17) is 10.2 Å². The third-order valence-electron chi connectivity index (χ3n) is 4.77. The van der Waals surface area contributed by atoms with Crippen LogP contribution in [-0.2, 0) is 27.4 Å². The molecule has 0 spiro atoms. The summed E-state index contributed by atoms with van der Waals surface area (Å²) in [7, 11) is 1.22. The highest BCUT2D eigenvalue weighted by molar-refractivity contribution is 6.14. The number of furan rings is 1. The first kappa shape index (κ1) is 20.0. The molecule has 1 aliphatic heterocycles. The highest BCUT2D eigenvalue weighted by Gasteiger charge is 2.34. The van der Waals surface area contributed by atoms with Gasteiger partial charge in [-0.3, -0.25) is 14.5 Å². The minimum atomic E-state index is -0.656. The van der Waals surface area contributed by atoms with E-state index in [1.165, 1.54) is 19.2 Å². The number of hydrogen-bond acceptors (Lipinski definition) is 6. The van der Waals surface area contributed by atoms with E-state index >= 15 is 0 Å². The van der Waals surface area contributed by atoms with Crippen molar-refractivity contribution in [2.75, 3.05) is 7.11 Å². The number of amides is 4. The number of hydrogen-bond donors (Lipinski definition) is 2. The lowest BCUT2D eigenvalue weighted by molar-refractivity contribution is -0.123. The van der Waals surface area contributed by atoms with Crippen molar-refractivity contribution in [1.29, 1.82) is 0 Å². The normalized spacial score (nSPS) is 15.0. The van der Waals surface area contributed by atoms with Crippen molar-refractivity contribution in [3.8, 4) is 0 Å². The first-order valence-electron chi connectivity index (χ1n) is 9.25. The highest BCUT2D eigenvalue weighted by atomic mass is 16.5. The molecule has 10 nitrogen and oxygen atoms in total. The van der Waals surface area contributed by atoms with Gasteiger partial charge in [-0.2, -0.15) is 0 Å². The largest absolute Gasteiger partial charge is 0.463 e. The van der Waals surface area contributed by atoms with E-state index in [1.807, 2.05) is 24.3 Å². The van der Waals surface area contributed by atoms with Crippen LogP contribution in [0.2, 0.25) is 0 Å². The number of aromatic nitrogens is 1. The lowest BCUT2D eigenvalue weighted by Gasteiger charge is -2.09. The van der Waals surface area contributed by atoms with Crippen molar-refractivity contribution in [3.63, 3.8) is 0 Å². The molecule has 1 aliphatic rings. The number of carbonyl (C=O) groups is 4. The number of benzene rings is 1. The van der Waals surface area contributed by atoms with Gasteiger partial charge < -0.3 is 24.8 Å². The molecule has 4 rings (SSSR count). The van der Waals surface area contributed by atoms with E-state index in [9.17, 15) is 19.2 Å². The molecule has 1 saturated heterocycles. The molecule has 31 heavy (non-hydrogen) atoms. The number of fused-ring (bicyclic) bond motifs is 1. The second-order valence-electron chi connectivity index (χ2n) is 6.83. The number of urea groups is 1. The number of carbonyl (C=O) groups excluding carboxylic acids is 4. The smallest absolute Gasteiger partial charge is 0.373 e. The van der Waals surface area contributed by atoms with Crippen LogP contribution in [0.15, 0.2) is 52.7 Å². The molecule has 1 aromatic carbocycles. The molecule has 158 valence electrons. The summed E-state index contributed by atoms with van der Waals surface area (Å²) in [5, 5.41) is 3.34. The van der Waals surface area contributed by atoms with E-state index < -0.39 is 23.8 Å². The van der Waals surface area contributed by atoms with Crippen molar-refractivity contribution in [2.24, 2.45) is 5.73 Å². The van der Waals surface area contributed by atoms with Crippen LogP contribution in [0, 0.1) is 0 Å². The Labute approximate surface area is 175 Å². The van der Waals surface area contributed by atoms with E-state index in [2.05, 4.69) is 10.1 Å². The Hall–Kier alpha value is -4.34. The summed E-state index contributed by atoms with van der Waals surface area (Å²) >= 11 is 0. The van der Waals surface area contributed by atoms with Gasteiger partial charge >= 0.3 is 12.0 Å². The van der Waals surface area contributed by atoms with Gasteiger partial charge in [-0.05, 0) is 24.3 Å². The molecule has 3 aromatic rings. The van der Waals surface area contributed by atoms with Crippen LogP contribution in [0.5, 0.6) is 0 Å². The molecule has 0 bridgehead atoms. The summed E-state index contributed by atoms with van der Waals surface area (Å²) in [6.07, 6.45) is 3.24. The standard InChI is InChI=1S/C21H18N4O6/c1-30-20(28)17-7-6-13(31-17)10-25-19(27)15(23-21(25)29)8-12-9-24(11-18(22)26)16-5-3-2-4-14(12)16/h2-9H,10-11H2,1H3,(H2,22,26)(H,23,29)/b15-8-. The number of esters is 1. The van der Waals surface area contributed by atoms with Gasteiger partial charge in [0.2, 0.25) is 11.7 Å². The zero-order valence-electron chi connectivity index (χ0n) is 16.5. The molecule has 3 heterocycles. The number of rotatable bonds is 6. The average molecular weight is 422 g/mol. The van der Waals surface area contributed by atoms with E-state index in [0.717, 1.165) is 15.8 Å². The zero-order valence-corrected chi connectivity index (χ0v) is 16.5. The maximum atomic E-state index is 12.8. The lowest BCUT2D eigenvalue weighted by Crippen LogP contribution is -2.30. The molecule has 1 fully saturated rings. The van der Waals surface area contributed by atoms with Crippen molar-refractivity contribution in [2.45, 2.75) is 13.1 Å². The number of primary amides is 1. The molecule has 4 amide bonds. The molecular formula is C21H18N4O6. The van der Waals surface area contributed by atoms with Gasteiger partial charge in [0.25, 0.3) is 5.91 Å². The number of nitrogens with two attached hydrogens (primary N) is 1. The molecule has 0 aliphatic carbocycles. The van der Waals surface area contributed by atoms with Crippen molar-refractivity contribution < 1.29 is 28.3 Å². The Morgan fingerprint density at radius 1 is 1.19 bits per heavy atom. The Kier molecular flexibility index (Phi) is 5.04. The fraction of sp³-hybridized carbons (Fsp3) is 0.143. The summed E-state index contributed by atoms with van der Waals surface area (Å²) < 4.78 is 11.6. The maximum absolute atomic E-state index is 12.8. The number of nitrogens with one attached hydrogen (secondary N) is 1. The lowest BCUT2D eigenvalue weighted by atomic mass is 10.1. The predicted molar refractivity (Wildman–Crippen MR) is 108 cm³/mol. The third kappa shape index (κ3) is 3.78. The van der Waals surface area contributed by atoms with Gasteiger partial charge in [0, 0.05) is 22.7 Å². The second-order valence-corrected chi connectivity index (χ2v) is 6.83. The number of nitrogens with zero attached hydrogens (tertiary/aromatic N) is 2. The molecule has 2 aromatic heterocycles. The van der Waals surface area contributed by atoms with Gasteiger partial charge in [0.1, 0.15) is 18.0 Å². The SMILES string of the molecule is COC(=O)c1ccc(CN2C(=O)N/C(=C\c3cn(CC(N)=O)c4ccccc34)C2=O)o1. The quantitative estimate of drug-likeness (QED) is 0.352. The van der Waals surface area contributed by atoms with Crippen LogP contribution in [0.3, 0.4) is 0 Å². The number of methoxy groups -OCH3 is 1. The average Bonchev–Trinajstić information content (AvgIpc) is 3.42. The topological polar surface area (TPSA) is 137 Å². The van der Waals surface area contributed by atoms with Crippen LogP contribution in [0.25, 0.3) is 17.0 Å². The monoisotopic (exact) mass is 422 g/mol.